The van der Waals surface area contributed by atoms with Crippen molar-refractivity contribution in [3.8, 4) is 6.07 Å². The average molecular weight is 385 g/mol. The summed E-state index contributed by atoms with van der Waals surface area (Å²) in [5, 5.41) is 20.6. The molecule has 1 aliphatic rings. The Morgan fingerprint density at radius 1 is 1.15 bits per heavy atom. The highest BCUT2D eigenvalue weighted by atomic mass is 32.2. The lowest BCUT2D eigenvalue weighted by molar-refractivity contribution is 0.0698. The van der Waals surface area contributed by atoms with E-state index in [9.17, 15) is 23.1 Å². The number of sulfonamides is 1. The van der Waals surface area contributed by atoms with Crippen molar-refractivity contribution in [1.29, 1.82) is 5.26 Å². The van der Waals surface area contributed by atoms with Crippen molar-refractivity contribution >= 4 is 27.6 Å². The molecule has 0 aromatic heterocycles. The summed E-state index contributed by atoms with van der Waals surface area (Å²) >= 11 is 0. The second-order valence-corrected chi connectivity index (χ2v) is 7.85. The van der Waals surface area contributed by atoms with Gasteiger partial charge in [0.05, 0.1) is 27.8 Å². The number of amides is 1. The molecular formula is C18H15N3O5S. The van der Waals surface area contributed by atoms with E-state index in [-0.39, 0.29) is 27.3 Å². The van der Waals surface area contributed by atoms with Crippen LogP contribution < -0.4 is 5.32 Å². The van der Waals surface area contributed by atoms with Crippen LogP contribution in [0.1, 0.15) is 32.7 Å². The van der Waals surface area contributed by atoms with Gasteiger partial charge in [-0.05, 0) is 42.8 Å². The molecule has 138 valence electrons. The molecule has 9 heteroatoms. The van der Waals surface area contributed by atoms with Crippen LogP contribution in [0.15, 0.2) is 47.4 Å². The van der Waals surface area contributed by atoms with Gasteiger partial charge in [-0.2, -0.15) is 9.57 Å². The monoisotopic (exact) mass is 385 g/mol. The fraction of sp³-hybridized carbons (Fsp3) is 0.167. The molecule has 0 unspecified atom stereocenters. The number of anilines is 1. The number of carbonyl (C=O) groups excluding carboxylic acids is 1. The highest BCUT2D eigenvalue weighted by Crippen LogP contribution is 2.23. The van der Waals surface area contributed by atoms with Crippen LogP contribution in [-0.2, 0) is 10.0 Å². The van der Waals surface area contributed by atoms with Gasteiger partial charge in [0.25, 0.3) is 5.91 Å². The lowest BCUT2D eigenvalue weighted by Crippen LogP contribution is -2.41. The summed E-state index contributed by atoms with van der Waals surface area (Å²) in [6.07, 6.45) is 0.802. The van der Waals surface area contributed by atoms with Crippen LogP contribution in [0.5, 0.6) is 0 Å². The van der Waals surface area contributed by atoms with Crippen LogP contribution in [0.3, 0.4) is 0 Å². The quantitative estimate of drug-likeness (QED) is 0.809. The van der Waals surface area contributed by atoms with E-state index < -0.39 is 21.9 Å². The smallest absolute Gasteiger partial charge is 0.337 e. The van der Waals surface area contributed by atoms with E-state index in [1.165, 1.54) is 40.7 Å². The van der Waals surface area contributed by atoms with Crippen molar-refractivity contribution in [2.45, 2.75) is 11.3 Å². The number of carboxylic acid groups (broad SMARTS) is 1. The van der Waals surface area contributed by atoms with Crippen molar-refractivity contribution in [2.75, 3.05) is 18.4 Å². The minimum atomic E-state index is -3.64. The minimum Gasteiger partial charge on any atom is -0.478 e. The highest BCUT2D eigenvalue weighted by molar-refractivity contribution is 7.89. The molecular weight excluding hydrogens is 370 g/mol. The molecule has 8 nitrogen and oxygen atoms in total. The van der Waals surface area contributed by atoms with Crippen LogP contribution in [-0.4, -0.2) is 42.8 Å². The minimum absolute atomic E-state index is 0.00753. The lowest BCUT2D eigenvalue weighted by Gasteiger charge is -2.29. The summed E-state index contributed by atoms with van der Waals surface area (Å²) in [6.45, 7) is 0.901. The maximum absolute atomic E-state index is 12.5. The third-order valence-electron chi connectivity index (χ3n) is 4.18. The number of hydrogen-bond acceptors (Lipinski definition) is 5. The van der Waals surface area contributed by atoms with E-state index in [1.54, 1.807) is 0 Å². The van der Waals surface area contributed by atoms with Crippen LogP contribution in [0, 0.1) is 11.3 Å². The number of benzene rings is 2. The molecule has 0 aliphatic carbocycles. The van der Waals surface area contributed by atoms with Crippen LogP contribution >= 0.6 is 0 Å². The first-order chi connectivity index (χ1) is 12.8. The van der Waals surface area contributed by atoms with Gasteiger partial charge in [0, 0.05) is 18.7 Å². The van der Waals surface area contributed by atoms with Gasteiger partial charge in [-0.3, -0.25) is 4.79 Å². The third-order valence-corrected chi connectivity index (χ3v) is 6.07. The van der Waals surface area contributed by atoms with Crippen LogP contribution in [0.25, 0.3) is 0 Å². The summed E-state index contributed by atoms with van der Waals surface area (Å²) in [5.41, 5.74) is 0.0135. The summed E-state index contributed by atoms with van der Waals surface area (Å²) in [7, 11) is -3.64. The average Bonchev–Trinajstić information content (AvgIpc) is 2.60. The fourth-order valence-corrected chi connectivity index (χ4v) is 4.13. The maximum atomic E-state index is 12.5. The third kappa shape index (κ3) is 3.67. The van der Waals surface area contributed by atoms with Gasteiger partial charge in [0.15, 0.2) is 0 Å². The highest BCUT2D eigenvalue weighted by Gasteiger charge is 2.29. The van der Waals surface area contributed by atoms with Crippen molar-refractivity contribution < 1.29 is 23.1 Å². The van der Waals surface area contributed by atoms with Crippen molar-refractivity contribution in [3.05, 3.63) is 59.2 Å². The normalized spacial score (nSPS) is 14.0. The second kappa shape index (κ2) is 7.19. The molecule has 3 rings (SSSR count). The number of nitrogens with one attached hydrogen (secondary N) is 1. The molecule has 27 heavy (non-hydrogen) atoms. The lowest BCUT2D eigenvalue weighted by atomic mass is 10.1. The van der Waals surface area contributed by atoms with Gasteiger partial charge in [-0.1, -0.05) is 6.07 Å². The Balaban J connectivity index is 1.89. The van der Waals surface area contributed by atoms with E-state index in [0.717, 1.165) is 12.5 Å². The van der Waals surface area contributed by atoms with Crippen molar-refractivity contribution in [3.63, 3.8) is 0 Å². The van der Waals surface area contributed by atoms with Crippen molar-refractivity contribution in [2.24, 2.45) is 0 Å². The first kappa shape index (κ1) is 18.6. The molecule has 1 aliphatic heterocycles. The largest absolute Gasteiger partial charge is 0.478 e. The number of hydrogen-bond donors (Lipinski definition) is 2. The summed E-state index contributed by atoms with van der Waals surface area (Å²) in [6, 6.07) is 11.3. The number of carbonyl (C=O) groups is 2. The number of aromatic carboxylic acids is 1. The molecule has 0 bridgehead atoms. The molecule has 0 saturated carbocycles. The standard InChI is InChI=1S/C18H15N3O5S/c19-11-12-5-6-16(15(9-12)18(23)24)20-17(22)13-3-1-4-14(10-13)27(25,26)21-7-2-8-21/h1,3-6,9-10H,2,7-8H2,(H,20,22)(H,23,24). The molecule has 1 heterocycles. The zero-order chi connectivity index (χ0) is 19.6. The van der Waals surface area contributed by atoms with E-state index in [1.807, 2.05) is 6.07 Å². The van der Waals surface area contributed by atoms with Gasteiger partial charge in [0.2, 0.25) is 10.0 Å². The Hall–Kier alpha value is -3.22. The van der Waals surface area contributed by atoms with Crippen molar-refractivity contribution in [1.82, 2.24) is 4.31 Å². The SMILES string of the molecule is N#Cc1ccc(NC(=O)c2cccc(S(=O)(=O)N3CCC3)c2)c(C(=O)O)c1. The Kier molecular flexibility index (Phi) is 4.94. The number of carboxylic acids is 1. The summed E-state index contributed by atoms with van der Waals surface area (Å²) in [4.78, 5) is 23.9. The van der Waals surface area contributed by atoms with Gasteiger partial charge in [0.1, 0.15) is 0 Å². The summed E-state index contributed by atoms with van der Waals surface area (Å²) < 4.78 is 26.2. The second-order valence-electron chi connectivity index (χ2n) is 5.92. The molecule has 1 amide bonds. The zero-order valence-electron chi connectivity index (χ0n) is 14.0. The molecule has 2 aromatic rings. The predicted molar refractivity (Wildman–Crippen MR) is 95.9 cm³/mol. The Morgan fingerprint density at radius 2 is 1.89 bits per heavy atom. The van der Waals surface area contributed by atoms with Gasteiger partial charge < -0.3 is 10.4 Å². The molecule has 1 saturated heterocycles. The zero-order valence-corrected chi connectivity index (χ0v) is 14.9. The fourth-order valence-electron chi connectivity index (χ4n) is 2.57. The molecule has 2 aromatic carbocycles. The van der Waals surface area contributed by atoms with E-state index in [4.69, 9.17) is 5.26 Å². The Labute approximate surface area is 155 Å². The molecule has 2 N–H and O–H groups in total. The van der Waals surface area contributed by atoms with E-state index in [0.29, 0.717) is 13.1 Å². The van der Waals surface area contributed by atoms with Gasteiger partial charge in [-0.25, -0.2) is 13.2 Å². The van der Waals surface area contributed by atoms with Gasteiger partial charge in [-0.15, -0.1) is 0 Å². The van der Waals surface area contributed by atoms with Crippen LogP contribution in [0.2, 0.25) is 0 Å². The first-order valence-corrected chi connectivity index (χ1v) is 9.46. The number of nitrogens with zero attached hydrogens (tertiary/aromatic N) is 2. The summed E-state index contributed by atoms with van der Waals surface area (Å²) in [5.74, 6) is -1.95. The van der Waals surface area contributed by atoms with Gasteiger partial charge >= 0.3 is 5.97 Å². The van der Waals surface area contributed by atoms with E-state index >= 15 is 0 Å². The van der Waals surface area contributed by atoms with E-state index in [2.05, 4.69) is 5.32 Å². The molecule has 0 spiro atoms. The predicted octanol–water partition coefficient (Wildman–Crippen LogP) is 1.90. The number of nitriles is 1. The number of rotatable bonds is 5. The Morgan fingerprint density at radius 3 is 2.48 bits per heavy atom. The van der Waals surface area contributed by atoms with Crippen LogP contribution in [0.4, 0.5) is 5.69 Å². The molecule has 1 fully saturated rings. The topological polar surface area (TPSA) is 128 Å². The first-order valence-electron chi connectivity index (χ1n) is 8.02. The maximum Gasteiger partial charge on any atom is 0.337 e. The Bertz CT molecular complexity index is 1070. The molecule has 0 radical (unpaired) electrons. The molecule has 0 atom stereocenters.